The maximum atomic E-state index is 14.6. The molecule has 1 fully saturated rings. The number of H-pyrrole nitrogens is 1. The van der Waals surface area contributed by atoms with Crippen LogP contribution in [0.2, 0.25) is 0 Å². The van der Waals surface area contributed by atoms with Crippen LogP contribution in [0.3, 0.4) is 0 Å². The van der Waals surface area contributed by atoms with Crippen LogP contribution in [0.25, 0.3) is 22.0 Å². The zero-order valence-corrected chi connectivity index (χ0v) is 19.2. The third kappa shape index (κ3) is 5.74. The molecule has 0 unspecified atom stereocenters. The van der Waals surface area contributed by atoms with Gasteiger partial charge in [-0.05, 0) is 24.3 Å². The molecule has 9 nitrogen and oxygen atoms in total. The van der Waals surface area contributed by atoms with E-state index in [0.717, 1.165) is 5.39 Å². The van der Waals surface area contributed by atoms with E-state index in [4.69, 9.17) is 19.1 Å². The van der Waals surface area contributed by atoms with E-state index in [0.29, 0.717) is 11.0 Å². The highest BCUT2D eigenvalue weighted by Gasteiger charge is 2.47. The average molecular weight is 539 g/mol. The zero-order valence-electron chi connectivity index (χ0n) is 19.2. The van der Waals surface area contributed by atoms with Crippen molar-refractivity contribution < 1.29 is 45.8 Å². The number of amides is 1. The summed E-state index contributed by atoms with van der Waals surface area (Å²) in [5.41, 5.74) is 1.22. The predicted octanol–water partition coefficient (Wildman–Crippen LogP) is 4.23. The highest BCUT2D eigenvalue weighted by Crippen LogP contribution is 2.33. The third-order valence-electron chi connectivity index (χ3n) is 5.61. The number of hydrogen-bond acceptors (Lipinski definition) is 6. The number of hydrogen-bond donors (Lipinski definition) is 2. The molecule has 2 aromatic heterocycles. The lowest BCUT2D eigenvalue weighted by Gasteiger charge is -2.37. The second-order valence-electron chi connectivity index (χ2n) is 8.21. The number of carboxylic acid groups (broad SMARTS) is 1. The van der Waals surface area contributed by atoms with Crippen LogP contribution in [0.5, 0.6) is 5.88 Å². The van der Waals surface area contributed by atoms with Crippen LogP contribution in [-0.2, 0) is 4.79 Å². The lowest BCUT2D eigenvalue weighted by molar-refractivity contribution is -0.192. The van der Waals surface area contributed by atoms with Gasteiger partial charge in [-0.15, -0.1) is 0 Å². The number of fused-ring (bicyclic) bond motifs is 2. The summed E-state index contributed by atoms with van der Waals surface area (Å²) in [4.78, 5) is 41.5. The summed E-state index contributed by atoms with van der Waals surface area (Å²) in [7, 11) is 0. The molecule has 38 heavy (non-hydrogen) atoms. The van der Waals surface area contributed by atoms with Crippen molar-refractivity contribution in [2.45, 2.75) is 24.6 Å². The summed E-state index contributed by atoms with van der Waals surface area (Å²) < 4.78 is 71.6. The molecule has 0 saturated carbocycles. The lowest BCUT2D eigenvalue weighted by atomic mass is 10.0. The van der Waals surface area contributed by atoms with Gasteiger partial charge in [0, 0.05) is 24.4 Å². The Kier molecular flexibility index (Phi) is 7.07. The van der Waals surface area contributed by atoms with Gasteiger partial charge in [-0.2, -0.15) is 13.2 Å². The fourth-order valence-corrected chi connectivity index (χ4v) is 3.75. The van der Waals surface area contributed by atoms with Crippen LogP contribution in [0.15, 0.2) is 63.8 Å². The number of pyridine rings is 1. The van der Waals surface area contributed by atoms with Gasteiger partial charge in [0.15, 0.2) is 11.7 Å². The molecule has 4 aromatic rings. The number of aliphatic carboxylic acids is 1. The van der Waals surface area contributed by atoms with Gasteiger partial charge in [0.2, 0.25) is 5.88 Å². The Morgan fingerprint density at radius 3 is 2.53 bits per heavy atom. The van der Waals surface area contributed by atoms with Gasteiger partial charge in [0.25, 0.3) is 11.8 Å². The summed E-state index contributed by atoms with van der Waals surface area (Å²) in [6.45, 7) is -0.479. The number of nitrogens with zero attached hydrogens (tertiary/aromatic N) is 2. The maximum Gasteiger partial charge on any atom is 0.490 e. The van der Waals surface area contributed by atoms with E-state index in [1.165, 1.54) is 17.0 Å². The summed E-state index contributed by atoms with van der Waals surface area (Å²) >= 11 is 0. The average Bonchev–Trinajstić information content (AvgIpc) is 3.25. The summed E-state index contributed by atoms with van der Waals surface area (Å²) in [6, 6.07) is 15.2. The molecule has 1 amide bonds. The van der Waals surface area contributed by atoms with Crippen LogP contribution in [-0.4, -0.2) is 63.1 Å². The fourth-order valence-electron chi connectivity index (χ4n) is 3.75. The topological polar surface area (TPSA) is 126 Å². The second-order valence-corrected chi connectivity index (χ2v) is 8.21. The molecule has 1 saturated heterocycles. The van der Waals surface area contributed by atoms with E-state index in [-0.39, 0.29) is 30.1 Å². The molecular formula is C24H18F5N3O6. The predicted molar refractivity (Wildman–Crippen MR) is 122 cm³/mol. The highest BCUT2D eigenvalue weighted by molar-refractivity contribution is 6.04. The van der Waals surface area contributed by atoms with Crippen LogP contribution >= 0.6 is 0 Å². The molecule has 200 valence electrons. The van der Waals surface area contributed by atoms with Crippen molar-refractivity contribution in [3.8, 4) is 5.88 Å². The molecule has 0 radical (unpaired) electrons. The first-order valence-corrected chi connectivity index (χ1v) is 11.0. The number of alkyl halides is 5. The van der Waals surface area contributed by atoms with Gasteiger partial charge in [-0.1, -0.05) is 24.3 Å². The van der Waals surface area contributed by atoms with Crippen LogP contribution < -0.4 is 10.5 Å². The number of aromatic amines is 1. The van der Waals surface area contributed by atoms with Crippen molar-refractivity contribution in [1.29, 1.82) is 0 Å². The molecule has 0 bridgehead atoms. The van der Waals surface area contributed by atoms with Crippen molar-refractivity contribution in [1.82, 2.24) is 14.9 Å². The molecular weight excluding hydrogens is 521 g/mol. The normalized spacial score (nSPS) is 17.1. The third-order valence-corrected chi connectivity index (χ3v) is 5.61. The summed E-state index contributed by atoms with van der Waals surface area (Å²) in [5.74, 6) is -7.02. The van der Waals surface area contributed by atoms with Gasteiger partial charge >= 0.3 is 17.9 Å². The first-order valence-electron chi connectivity index (χ1n) is 11.0. The number of nitrogens with one attached hydrogen (secondary N) is 1. The minimum absolute atomic E-state index is 0.0661. The Morgan fingerprint density at radius 2 is 1.82 bits per heavy atom. The Balaban J connectivity index is 0.000000426. The van der Waals surface area contributed by atoms with Gasteiger partial charge in [0.1, 0.15) is 0 Å². The molecule has 2 aromatic carbocycles. The molecule has 0 spiro atoms. The van der Waals surface area contributed by atoms with Crippen molar-refractivity contribution >= 4 is 33.9 Å². The first kappa shape index (κ1) is 26.6. The molecule has 3 heterocycles. The number of oxazole rings is 1. The summed E-state index contributed by atoms with van der Waals surface area (Å²) in [6.07, 6.45) is -7.19. The molecule has 1 aliphatic heterocycles. The lowest BCUT2D eigenvalue weighted by Crippen LogP contribution is -2.55. The highest BCUT2D eigenvalue weighted by atomic mass is 19.4. The Morgan fingerprint density at radius 1 is 1.11 bits per heavy atom. The number of likely N-dealkylation sites (tertiary alicyclic amines) is 1. The van der Waals surface area contributed by atoms with E-state index < -0.39 is 42.3 Å². The van der Waals surface area contributed by atoms with Crippen molar-refractivity contribution in [3.63, 3.8) is 0 Å². The number of halogens is 5. The van der Waals surface area contributed by atoms with Crippen LogP contribution in [0, 0.1) is 0 Å². The molecule has 0 aliphatic carbocycles. The minimum atomic E-state index is -5.08. The molecule has 1 atom stereocenters. The monoisotopic (exact) mass is 539 g/mol. The number of carboxylic acids is 1. The molecule has 1 aliphatic rings. The Hall–Kier alpha value is -4.49. The SMILES string of the molecule is O=C(O)C(F)(F)F.O=C(c1cccc2[nH]c(=O)oc12)N1CCC(F)(F)[C@@H](Oc2ccc3ccccc3n2)C1. The van der Waals surface area contributed by atoms with Crippen LogP contribution in [0.1, 0.15) is 16.8 Å². The number of rotatable bonds is 3. The largest absolute Gasteiger partial charge is 0.490 e. The second kappa shape index (κ2) is 10.1. The number of carbonyl (C=O) groups is 2. The standard InChI is InChI=1S/C22H17F2N3O4.C2HF3O2/c23-22(24)10-11-27(20(28)14-5-3-7-16-19(14)31-21(29)26-16)12-17(22)30-18-9-8-13-4-1-2-6-15(13)25-18;3-2(4,5)1(6)7/h1-9,17H,10-12H2,(H,26,29);(H,6,7)/t17-;/m0./s1. The van der Waals surface area contributed by atoms with Crippen molar-refractivity contribution in [2.24, 2.45) is 0 Å². The number of ether oxygens (including phenoxy) is 1. The van der Waals surface area contributed by atoms with Crippen molar-refractivity contribution in [3.05, 3.63) is 70.7 Å². The van der Waals surface area contributed by atoms with E-state index in [1.807, 2.05) is 12.1 Å². The molecule has 2 N–H and O–H groups in total. The smallest absolute Gasteiger partial charge is 0.475 e. The number of aromatic nitrogens is 2. The van der Waals surface area contributed by atoms with E-state index in [2.05, 4.69) is 9.97 Å². The minimum Gasteiger partial charge on any atom is -0.475 e. The number of para-hydroxylation sites is 2. The molecule has 14 heteroatoms. The van der Waals surface area contributed by atoms with Gasteiger partial charge < -0.3 is 19.2 Å². The van der Waals surface area contributed by atoms with E-state index in [1.54, 1.807) is 30.3 Å². The molecule has 5 rings (SSSR count). The number of carbonyl (C=O) groups excluding carboxylic acids is 1. The maximum absolute atomic E-state index is 14.6. The fraction of sp³-hybridized carbons (Fsp3) is 0.250. The number of benzene rings is 2. The van der Waals surface area contributed by atoms with E-state index in [9.17, 15) is 31.5 Å². The van der Waals surface area contributed by atoms with Gasteiger partial charge in [0.05, 0.1) is 23.1 Å². The van der Waals surface area contributed by atoms with Gasteiger partial charge in [-0.3, -0.25) is 9.78 Å². The summed E-state index contributed by atoms with van der Waals surface area (Å²) in [5, 5.41) is 7.99. The Bertz CT molecular complexity index is 1550. The number of piperidine rings is 1. The quantitative estimate of drug-likeness (QED) is 0.373. The zero-order chi connectivity index (χ0) is 27.7. The Labute approximate surface area is 209 Å². The van der Waals surface area contributed by atoms with E-state index >= 15 is 0 Å². The van der Waals surface area contributed by atoms with Crippen LogP contribution in [0.4, 0.5) is 22.0 Å². The first-order chi connectivity index (χ1) is 17.8. The van der Waals surface area contributed by atoms with Crippen molar-refractivity contribution in [2.75, 3.05) is 13.1 Å². The van der Waals surface area contributed by atoms with Gasteiger partial charge in [-0.25, -0.2) is 23.4 Å².